The summed E-state index contributed by atoms with van der Waals surface area (Å²) in [5, 5.41) is 8.39. The van der Waals surface area contributed by atoms with Crippen molar-refractivity contribution >= 4 is 17.3 Å². The normalized spacial score (nSPS) is 10.7. The lowest BCUT2D eigenvalue weighted by Gasteiger charge is -2.07. The Bertz CT molecular complexity index is 740. The van der Waals surface area contributed by atoms with Crippen LogP contribution in [0, 0.1) is 0 Å². The van der Waals surface area contributed by atoms with Crippen LogP contribution < -0.4 is 4.74 Å². The molecule has 0 amide bonds. The molecule has 0 fully saturated rings. The van der Waals surface area contributed by atoms with Gasteiger partial charge in [-0.25, -0.2) is 4.79 Å². The quantitative estimate of drug-likeness (QED) is 0.207. The van der Waals surface area contributed by atoms with Crippen molar-refractivity contribution in [2.45, 2.75) is 32.6 Å². The van der Waals surface area contributed by atoms with Crippen LogP contribution in [0.2, 0.25) is 0 Å². The number of hydrogen-bond donors (Lipinski definition) is 0. The minimum Gasteiger partial charge on any atom is -0.494 e. The van der Waals surface area contributed by atoms with Gasteiger partial charge >= 0.3 is 5.97 Å². The first-order chi connectivity index (χ1) is 13.1. The highest BCUT2D eigenvalue weighted by Gasteiger charge is 2.02. The molecule has 5 nitrogen and oxygen atoms in total. The van der Waals surface area contributed by atoms with E-state index in [1.54, 1.807) is 6.92 Å². The van der Waals surface area contributed by atoms with Crippen molar-refractivity contribution in [2.24, 2.45) is 10.2 Å². The van der Waals surface area contributed by atoms with Gasteiger partial charge < -0.3 is 9.47 Å². The summed E-state index contributed by atoms with van der Waals surface area (Å²) in [4.78, 5) is 11.2. The smallest absolute Gasteiger partial charge is 0.333 e. The van der Waals surface area contributed by atoms with Gasteiger partial charge in [-0.2, -0.15) is 10.2 Å². The molecule has 0 saturated heterocycles. The molecule has 2 aromatic rings. The Balaban J connectivity index is 1.58. The van der Waals surface area contributed by atoms with Gasteiger partial charge in [-0.15, -0.1) is 0 Å². The van der Waals surface area contributed by atoms with Gasteiger partial charge in [-0.1, -0.05) is 24.8 Å². The fourth-order valence-corrected chi connectivity index (χ4v) is 2.25. The lowest BCUT2D eigenvalue weighted by atomic mass is 10.2. The zero-order valence-corrected chi connectivity index (χ0v) is 15.8. The molecular weight excluding hydrogens is 340 g/mol. The highest BCUT2D eigenvalue weighted by molar-refractivity contribution is 5.86. The van der Waals surface area contributed by atoms with Crippen molar-refractivity contribution in [3.63, 3.8) is 0 Å². The van der Waals surface area contributed by atoms with E-state index >= 15 is 0 Å². The van der Waals surface area contributed by atoms with Gasteiger partial charge in [0, 0.05) is 5.57 Å². The average molecular weight is 366 g/mol. The number of hydrogen-bond acceptors (Lipinski definition) is 5. The molecule has 0 aromatic heterocycles. The van der Waals surface area contributed by atoms with Crippen LogP contribution in [0.1, 0.15) is 32.6 Å². The van der Waals surface area contributed by atoms with Gasteiger partial charge in [0.15, 0.2) is 0 Å². The third-order valence-electron chi connectivity index (χ3n) is 3.76. The molecule has 2 rings (SSSR count). The van der Waals surface area contributed by atoms with Crippen LogP contribution in [-0.2, 0) is 9.53 Å². The summed E-state index contributed by atoms with van der Waals surface area (Å²) < 4.78 is 10.8. The Morgan fingerprint density at radius 1 is 0.852 bits per heavy atom. The van der Waals surface area contributed by atoms with Gasteiger partial charge in [0.1, 0.15) is 5.75 Å². The number of carbonyl (C=O) groups excluding carboxylic acids is 1. The zero-order valence-electron chi connectivity index (χ0n) is 15.8. The Morgan fingerprint density at radius 3 is 2.07 bits per heavy atom. The topological polar surface area (TPSA) is 60.2 Å². The largest absolute Gasteiger partial charge is 0.494 e. The molecule has 5 heteroatoms. The van der Waals surface area contributed by atoms with E-state index in [1.165, 1.54) is 0 Å². The summed E-state index contributed by atoms with van der Waals surface area (Å²) in [6, 6.07) is 17.2. The van der Waals surface area contributed by atoms with Crippen LogP contribution in [0.3, 0.4) is 0 Å². The van der Waals surface area contributed by atoms with Crippen molar-refractivity contribution in [1.82, 2.24) is 0 Å². The lowest BCUT2D eigenvalue weighted by molar-refractivity contribution is -0.139. The molecule has 0 aliphatic carbocycles. The first-order valence-electron chi connectivity index (χ1n) is 9.17. The van der Waals surface area contributed by atoms with Crippen molar-refractivity contribution < 1.29 is 14.3 Å². The summed E-state index contributed by atoms with van der Waals surface area (Å²) in [5.74, 6) is 0.508. The van der Waals surface area contributed by atoms with Crippen LogP contribution in [0.15, 0.2) is 77.0 Å². The monoisotopic (exact) mass is 366 g/mol. The van der Waals surface area contributed by atoms with Crippen LogP contribution in [0.4, 0.5) is 11.4 Å². The molecule has 0 atom stereocenters. The summed E-state index contributed by atoms with van der Waals surface area (Å²) in [7, 11) is 0. The van der Waals surface area contributed by atoms with Crippen molar-refractivity contribution in [2.75, 3.05) is 13.2 Å². The molecule has 0 spiro atoms. The second kappa shape index (κ2) is 11.6. The molecule has 142 valence electrons. The molecule has 0 aliphatic rings. The summed E-state index contributed by atoms with van der Waals surface area (Å²) in [6.45, 7) is 6.31. The molecule has 0 unspecified atom stereocenters. The number of benzene rings is 2. The van der Waals surface area contributed by atoms with Crippen LogP contribution in [0.5, 0.6) is 5.75 Å². The number of rotatable bonds is 11. The minimum atomic E-state index is -0.315. The highest BCUT2D eigenvalue weighted by Crippen LogP contribution is 2.21. The van der Waals surface area contributed by atoms with E-state index in [-0.39, 0.29) is 5.97 Å². The molecule has 0 heterocycles. The molecule has 0 saturated carbocycles. The van der Waals surface area contributed by atoms with Gasteiger partial charge in [-0.05, 0) is 69.0 Å². The fourth-order valence-electron chi connectivity index (χ4n) is 2.25. The summed E-state index contributed by atoms with van der Waals surface area (Å²) >= 11 is 0. The third kappa shape index (κ3) is 8.31. The second-order valence-corrected chi connectivity index (χ2v) is 6.21. The van der Waals surface area contributed by atoms with E-state index in [2.05, 4.69) is 16.8 Å². The number of ether oxygens (including phenoxy) is 2. The fraction of sp³-hybridized carbons (Fsp3) is 0.318. The molecule has 27 heavy (non-hydrogen) atoms. The first-order valence-corrected chi connectivity index (χ1v) is 9.17. The first kappa shape index (κ1) is 20.4. The molecule has 0 radical (unpaired) electrons. The van der Waals surface area contributed by atoms with Crippen molar-refractivity contribution in [3.05, 3.63) is 66.7 Å². The Kier molecular flexibility index (Phi) is 8.77. The van der Waals surface area contributed by atoms with E-state index in [1.807, 2.05) is 54.6 Å². The van der Waals surface area contributed by atoms with Gasteiger partial charge in [-0.3, -0.25) is 0 Å². The number of carbonyl (C=O) groups is 1. The number of azo groups is 1. The van der Waals surface area contributed by atoms with E-state index in [0.717, 1.165) is 42.8 Å². The van der Waals surface area contributed by atoms with Crippen LogP contribution in [0.25, 0.3) is 0 Å². The maximum absolute atomic E-state index is 11.2. The maximum Gasteiger partial charge on any atom is 0.333 e. The minimum absolute atomic E-state index is 0.315. The second-order valence-electron chi connectivity index (χ2n) is 6.21. The molecule has 0 bridgehead atoms. The van der Waals surface area contributed by atoms with Crippen LogP contribution in [-0.4, -0.2) is 19.2 Å². The highest BCUT2D eigenvalue weighted by atomic mass is 16.5. The average Bonchev–Trinajstić information content (AvgIpc) is 2.69. The lowest BCUT2D eigenvalue weighted by Crippen LogP contribution is -2.06. The predicted molar refractivity (Wildman–Crippen MR) is 107 cm³/mol. The Labute approximate surface area is 160 Å². The molecule has 2 aromatic carbocycles. The van der Waals surface area contributed by atoms with Crippen molar-refractivity contribution in [1.29, 1.82) is 0 Å². The third-order valence-corrected chi connectivity index (χ3v) is 3.76. The maximum atomic E-state index is 11.2. The number of nitrogens with zero attached hydrogens (tertiary/aromatic N) is 2. The van der Waals surface area contributed by atoms with Gasteiger partial charge in [0.25, 0.3) is 0 Å². The van der Waals surface area contributed by atoms with Gasteiger partial charge in [0.2, 0.25) is 0 Å². The SMILES string of the molecule is C=C(C)C(=O)OCCCCCCOc1ccc(N=Nc2ccccc2)cc1. The van der Waals surface area contributed by atoms with E-state index in [4.69, 9.17) is 9.47 Å². The van der Waals surface area contributed by atoms with E-state index in [9.17, 15) is 4.79 Å². The molecule has 0 N–H and O–H groups in total. The van der Waals surface area contributed by atoms with Crippen molar-refractivity contribution in [3.8, 4) is 5.75 Å². The Hall–Kier alpha value is -2.95. The zero-order chi connectivity index (χ0) is 19.3. The standard InChI is InChI=1S/C22H26N2O3/c1-18(2)22(25)27-17-9-4-3-8-16-26-21-14-12-20(13-15-21)24-23-19-10-6-5-7-11-19/h5-7,10-15H,1,3-4,8-9,16-17H2,2H3. The van der Waals surface area contributed by atoms with Crippen LogP contribution >= 0.6 is 0 Å². The number of unbranched alkanes of at least 4 members (excludes halogenated alkanes) is 3. The summed E-state index contributed by atoms with van der Waals surface area (Å²) in [6.07, 6.45) is 3.86. The summed E-state index contributed by atoms with van der Waals surface area (Å²) in [5.41, 5.74) is 2.05. The Morgan fingerprint density at radius 2 is 1.44 bits per heavy atom. The number of esters is 1. The molecule has 0 aliphatic heterocycles. The molecular formula is C22H26N2O3. The predicted octanol–water partition coefficient (Wildman–Crippen LogP) is 6.16. The van der Waals surface area contributed by atoms with E-state index < -0.39 is 0 Å². The van der Waals surface area contributed by atoms with Gasteiger partial charge in [0.05, 0.1) is 24.6 Å². The van der Waals surface area contributed by atoms with E-state index in [0.29, 0.717) is 18.8 Å².